The van der Waals surface area contributed by atoms with Crippen LogP contribution in [0.25, 0.3) is 0 Å². The van der Waals surface area contributed by atoms with E-state index in [1.165, 1.54) is 13.0 Å². The maximum Gasteiger partial charge on any atom is 0.302 e. The second-order valence-corrected chi connectivity index (χ2v) is 4.03. The van der Waals surface area contributed by atoms with Gasteiger partial charge in [0.05, 0.1) is 5.69 Å². The van der Waals surface area contributed by atoms with E-state index in [0.717, 1.165) is 0 Å². The van der Waals surface area contributed by atoms with Crippen molar-refractivity contribution in [3.63, 3.8) is 0 Å². The molecule has 0 saturated carbocycles. The van der Waals surface area contributed by atoms with Crippen LogP contribution < -0.4 is 10.6 Å². The third kappa shape index (κ3) is 5.39. The van der Waals surface area contributed by atoms with Gasteiger partial charge in [-0.25, -0.2) is 0 Å². The number of amides is 1. The summed E-state index contributed by atoms with van der Waals surface area (Å²) in [4.78, 5) is 22.3. The lowest BCUT2D eigenvalue weighted by molar-refractivity contribution is -0.142. The molecule has 0 saturated heterocycles. The largest absolute Gasteiger partial charge is 0.506 e. The number of anilines is 1. The summed E-state index contributed by atoms with van der Waals surface area (Å²) in [5.41, 5.74) is 1.00. The molecule has 0 aliphatic heterocycles. The minimum absolute atomic E-state index is 0.0237. The fraction of sp³-hybridized carbons (Fsp3) is 0.385. The zero-order chi connectivity index (χ0) is 14.3. The van der Waals surface area contributed by atoms with Crippen LogP contribution in [0.1, 0.15) is 18.9 Å². The van der Waals surface area contributed by atoms with Crippen molar-refractivity contribution in [2.24, 2.45) is 0 Å². The number of carbonyl (C=O) groups excluding carboxylic acids is 2. The Kier molecular flexibility index (Phi) is 5.81. The number of ether oxygens (including phenoxy) is 1. The topological polar surface area (TPSA) is 87.7 Å². The molecule has 3 N–H and O–H groups in total. The van der Waals surface area contributed by atoms with Crippen LogP contribution in [0.5, 0.6) is 5.75 Å². The number of esters is 1. The van der Waals surface area contributed by atoms with Gasteiger partial charge in [0, 0.05) is 19.9 Å². The Balaban J connectivity index is 2.68. The number of phenols is 1. The van der Waals surface area contributed by atoms with Crippen LogP contribution in [0.3, 0.4) is 0 Å². The molecule has 0 aliphatic carbocycles. The number of aromatic hydroxyl groups is 1. The predicted octanol–water partition coefficient (Wildman–Crippen LogP) is 1.00. The van der Waals surface area contributed by atoms with Gasteiger partial charge >= 0.3 is 5.97 Å². The van der Waals surface area contributed by atoms with Crippen LogP contribution in [-0.2, 0) is 20.9 Å². The average Bonchev–Trinajstić information content (AvgIpc) is 2.37. The van der Waals surface area contributed by atoms with Crippen LogP contribution in [0.15, 0.2) is 18.2 Å². The molecule has 0 aromatic heterocycles. The van der Waals surface area contributed by atoms with Gasteiger partial charge in [0.15, 0.2) is 0 Å². The Bertz CT molecular complexity index is 460. The molecular formula is C13H18N2O4. The highest BCUT2D eigenvalue weighted by Crippen LogP contribution is 2.24. The minimum atomic E-state index is -0.382. The number of benzene rings is 1. The molecule has 0 fully saturated rings. The summed E-state index contributed by atoms with van der Waals surface area (Å²) in [6.07, 6.45) is 0.310. The molecular weight excluding hydrogens is 248 g/mol. The lowest BCUT2D eigenvalue weighted by Gasteiger charge is -2.09. The number of rotatable bonds is 6. The first-order valence-corrected chi connectivity index (χ1v) is 5.92. The maximum atomic E-state index is 11.6. The summed E-state index contributed by atoms with van der Waals surface area (Å²) in [6, 6.07) is 4.66. The number of phenolic OH excluding ortho intramolecular Hbond substituents is 1. The molecule has 6 nitrogen and oxygen atoms in total. The van der Waals surface area contributed by atoms with E-state index in [4.69, 9.17) is 4.74 Å². The van der Waals surface area contributed by atoms with E-state index in [0.29, 0.717) is 24.2 Å². The van der Waals surface area contributed by atoms with Crippen LogP contribution in [0, 0.1) is 0 Å². The fourth-order valence-electron chi connectivity index (χ4n) is 1.41. The minimum Gasteiger partial charge on any atom is -0.506 e. The van der Waals surface area contributed by atoms with E-state index >= 15 is 0 Å². The normalized spacial score (nSPS) is 10.0. The average molecular weight is 266 g/mol. The van der Waals surface area contributed by atoms with E-state index in [-0.39, 0.29) is 24.2 Å². The van der Waals surface area contributed by atoms with Gasteiger partial charge in [-0.1, -0.05) is 6.07 Å². The number of hydrogen-bond acceptors (Lipinski definition) is 5. The first kappa shape index (κ1) is 15.0. The van der Waals surface area contributed by atoms with E-state index in [1.807, 2.05) is 0 Å². The molecule has 0 unspecified atom stereocenters. The Morgan fingerprint density at radius 3 is 2.74 bits per heavy atom. The summed E-state index contributed by atoms with van der Waals surface area (Å²) in [7, 11) is 1.75. The summed E-state index contributed by atoms with van der Waals surface area (Å²) < 4.78 is 4.85. The highest BCUT2D eigenvalue weighted by atomic mass is 16.5. The zero-order valence-corrected chi connectivity index (χ0v) is 11.0. The van der Waals surface area contributed by atoms with Crippen LogP contribution in [0.2, 0.25) is 0 Å². The molecule has 6 heteroatoms. The number of carbonyl (C=O) groups is 2. The van der Waals surface area contributed by atoms with Crippen LogP contribution in [-0.4, -0.2) is 30.6 Å². The lowest BCUT2D eigenvalue weighted by atomic mass is 10.2. The number of nitrogens with one attached hydrogen (secondary N) is 2. The summed E-state index contributed by atoms with van der Waals surface area (Å²) in [5.74, 6) is -0.605. The van der Waals surface area contributed by atoms with Gasteiger partial charge in [0.25, 0.3) is 0 Å². The summed E-state index contributed by atoms with van der Waals surface area (Å²) in [5, 5.41) is 15.1. The second kappa shape index (κ2) is 7.38. The molecule has 0 aliphatic rings. The standard InChI is InChI=1S/C13H18N2O4/c1-9(16)19-8-10-3-4-12(17)11(7-10)15-13(18)5-6-14-2/h3-4,7,14,17H,5-6,8H2,1-2H3,(H,15,18). The van der Waals surface area contributed by atoms with Crippen LogP contribution >= 0.6 is 0 Å². The molecule has 1 amide bonds. The van der Waals surface area contributed by atoms with Crippen LogP contribution in [0.4, 0.5) is 5.69 Å². The third-order valence-corrected chi connectivity index (χ3v) is 2.38. The van der Waals surface area contributed by atoms with Crippen molar-refractivity contribution in [3.05, 3.63) is 23.8 Å². The van der Waals surface area contributed by atoms with Crippen molar-refractivity contribution in [2.75, 3.05) is 18.9 Å². The van der Waals surface area contributed by atoms with E-state index in [1.54, 1.807) is 19.2 Å². The van der Waals surface area contributed by atoms with Crippen molar-refractivity contribution in [1.82, 2.24) is 5.32 Å². The van der Waals surface area contributed by atoms with Crippen molar-refractivity contribution in [1.29, 1.82) is 0 Å². The van der Waals surface area contributed by atoms with Gasteiger partial charge in [-0.2, -0.15) is 0 Å². The molecule has 0 radical (unpaired) electrons. The zero-order valence-electron chi connectivity index (χ0n) is 11.0. The van der Waals surface area contributed by atoms with E-state index in [2.05, 4.69) is 10.6 Å². The Hall–Kier alpha value is -2.08. The number of hydrogen-bond donors (Lipinski definition) is 3. The van der Waals surface area contributed by atoms with E-state index in [9.17, 15) is 14.7 Å². The smallest absolute Gasteiger partial charge is 0.302 e. The van der Waals surface area contributed by atoms with Gasteiger partial charge in [-0.15, -0.1) is 0 Å². The van der Waals surface area contributed by atoms with Gasteiger partial charge in [0.1, 0.15) is 12.4 Å². The maximum absolute atomic E-state index is 11.6. The van der Waals surface area contributed by atoms with Crippen molar-refractivity contribution >= 4 is 17.6 Å². The monoisotopic (exact) mass is 266 g/mol. The second-order valence-electron chi connectivity index (χ2n) is 4.03. The van der Waals surface area contributed by atoms with Gasteiger partial charge in [0.2, 0.25) is 5.91 Å². The highest BCUT2D eigenvalue weighted by Gasteiger charge is 2.07. The van der Waals surface area contributed by atoms with Crippen molar-refractivity contribution < 1.29 is 19.4 Å². The van der Waals surface area contributed by atoms with Crippen molar-refractivity contribution in [3.8, 4) is 5.75 Å². The SMILES string of the molecule is CNCCC(=O)Nc1cc(COC(C)=O)ccc1O. The third-order valence-electron chi connectivity index (χ3n) is 2.38. The molecule has 104 valence electrons. The quantitative estimate of drug-likeness (QED) is 0.528. The predicted molar refractivity (Wildman–Crippen MR) is 70.8 cm³/mol. The molecule has 1 aromatic carbocycles. The van der Waals surface area contributed by atoms with Crippen molar-refractivity contribution in [2.45, 2.75) is 20.0 Å². The van der Waals surface area contributed by atoms with E-state index < -0.39 is 0 Å². The van der Waals surface area contributed by atoms with Gasteiger partial charge in [-0.3, -0.25) is 9.59 Å². The first-order valence-electron chi connectivity index (χ1n) is 5.92. The Labute approximate surface area is 111 Å². The molecule has 19 heavy (non-hydrogen) atoms. The summed E-state index contributed by atoms with van der Waals surface area (Å²) in [6.45, 7) is 1.98. The summed E-state index contributed by atoms with van der Waals surface area (Å²) >= 11 is 0. The van der Waals surface area contributed by atoms with Gasteiger partial charge in [-0.05, 0) is 24.7 Å². The highest BCUT2D eigenvalue weighted by molar-refractivity contribution is 5.92. The molecule has 0 heterocycles. The van der Waals surface area contributed by atoms with Gasteiger partial charge < -0.3 is 20.5 Å². The lowest BCUT2D eigenvalue weighted by Crippen LogP contribution is -2.18. The first-order chi connectivity index (χ1) is 9.02. The molecule has 0 atom stereocenters. The Morgan fingerprint density at radius 2 is 2.11 bits per heavy atom. The molecule has 1 rings (SSSR count). The molecule has 0 spiro atoms. The molecule has 0 bridgehead atoms. The fourth-order valence-corrected chi connectivity index (χ4v) is 1.41. The Morgan fingerprint density at radius 1 is 1.37 bits per heavy atom. The molecule has 1 aromatic rings.